The summed E-state index contributed by atoms with van der Waals surface area (Å²) in [5, 5.41) is 3.00. The lowest BCUT2D eigenvalue weighted by Crippen LogP contribution is -2.34. The van der Waals surface area contributed by atoms with Crippen LogP contribution in [0.3, 0.4) is 0 Å². The van der Waals surface area contributed by atoms with E-state index in [1.54, 1.807) is 6.20 Å². The lowest BCUT2D eigenvalue weighted by atomic mass is 10.1. The molecule has 5 nitrogen and oxygen atoms in total. The zero-order chi connectivity index (χ0) is 15.2. The summed E-state index contributed by atoms with van der Waals surface area (Å²) in [5.41, 5.74) is 0.619. The van der Waals surface area contributed by atoms with Gasteiger partial charge in [-0.15, -0.1) is 0 Å². The number of amides is 1. The highest BCUT2D eigenvalue weighted by molar-refractivity contribution is 5.94. The molecule has 0 bridgehead atoms. The zero-order valence-electron chi connectivity index (χ0n) is 13.3. The van der Waals surface area contributed by atoms with Crippen molar-refractivity contribution in [2.24, 2.45) is 5.92 Å². The average molecular weight is 290 g/mol. The Morgan fingerprint density at radius 1 is 1.38 bits per heavy atom. The van der Waals surface area contributed by atoms with Crippen molar-refractivity contribution < 1.29 is 4.79 Å². The van der Waals surface area contributed by atoms with Gasteiger partial charge in [0.1, 0.15) is 5.82 Å². The molecule has 5 heteroatoms. The van der Waals surface area contributed by atoms with Gasteiger partial charge in [-0.2, -0.15) is 0 Å². The monoisotopic (exact) mass is 290 g/mol. The number of aromatic nitrogens is 1. The molecule has 1 aliphatic heterocycles. The second-order valence-corrected chi connectivity index (χ2v) is 6.12. The van der Waals surface area contributed by atoms with Crippen LogP contribution >= 0.6 is 0 Å². The smallest absolute Gasteiger partial charge is 0.252 e. The first-order valence-corrected chi connectivity index (χ1v) is 7.70. The van der Waals surface area contributed by atoms with Crippen LogP contribution in [-0.4, -0.2) is 56.1 Å². The van der Waals surface area contributed by atoms with Gasteiger partial charge in [-0.1, -0.05) is 6.92 Å². The van der Waals surface area contributed by atoms with Crippen molar-refractivity contribution in [2.45, 2.75) is 19.8 Å². The van der Waals surface area contributed by atoms with E-state index < -0.39 is 0 Å². The fraction of sp³-hybridized carbons (Fsp3) is 0.625. The molecule has 1 unspecified atom stereocenters. The number of rotatable bonds is 6. The van der Waals surface area contributed by atoms with E-state index in [-0.39, 0.29) is 5.91 Å². The first-order valence-electron chi connectivity index (χ1n) is 7.70. The number of hydrogen-bond acceptors (Lipinski definition) is 4. The van der Waals surface area contributed by atoms with Gasteiger partial charge in [0, 0.05) is 33.4 Å². The summed E-state index contributed by atoms with van der Waals surface area (Å²) in [6.45, 7) is 6.37. The molecule has 1 saturated heterocycles. The zero-order valence-corrected chi connectivity index (χ0v) is 13.3. The van der Waals surface area contributed by atoms with Crippen LogP contribution in [-0.2, 0) is 0 Å². The Kier molecular flexibility index (Phi) is 5.56. The van der Waals surface area contributed by atoms with Gasteiger partial charge in [0.15, 0.2) is 0 Å². The third-order valence-electron chi connectivity index (χ3n) is 3.85. The highest BCUT2D eigenvalue weighted by Gasteiger charge is 2.15. The molecule has 1 amide bonds. The van der Waals surface area contributed by atoms with E-state index in [1.165, 1.54) is 25.9 Å². The third-order valence-corrected chi connectivity index (χ3v) is 3.85. The Morgan fingerprint density at radius 2 is 2.10 bits per heavy atom. The number of carbonyl (C=O) groups is 1. The maximum absolute atomic E-state index is 12.1. The predicted molar refractivity (Wildman–Crippen MR) is 85.7 cm³/mol. The molecule has 1 N–H and O–H groups in total. The molecule has 0 spiro atoms. The van der Waals surface area contributed by atoms with Gasteiger partial charge < -0.3 is 15.1 Å². The minimum Gasteiger partial charge on any atom is -0.363 e. The first-order chi connectivity index (χ1) is 10.1. The second kappa shape index (κ2) is 7.41. The van der Waals surface area contributed by atoms with Crippen LogP contribution < -0.4 is 10.2 Å². The van der Waals surface area contributed by atoms with Gasteiger partial charge in [-0.05, 0) is 44.0 Å². The van der Waals surface area contributed by atoms with Crippen LogP contribution in [0.1, 0.15) is 30.1 Å². The van der Waals surface area contributed by atoms with Crippen LogP contribution in [0.25, 0.3) is 0 Å². The molecule has 0 aromatic carbocycles. The van der Waals surface area contributed by atoms with E-state index >= 15 is 0 Å². The third kappa shape index (κ3) is 4.70. The van der Waals surface area contributed by atoms with Crippen molar-refractivity contribution in [3.63, 3.8) is 0 Å². The van der Waals surface area contributed by atoms with Crippen LogP contribution in [0.2, 0.25) is 0 Å². The minimum atomic E-state index is -0.0407. The van der Waals surface area contributed by atoms with Crippen LogP contribution in [0.15, 0.2) is 18.3 Å². The summed E-state index contributed by atoms with van der Waals surface area (Å²) >= 11 is 0. The molecule has 1 aromatic heterocycles. The van der Waals surface area contributed by atoms with Crippen molar-refractivity contribution >= 4 is 11.7 Å². The molecule has 1 fully saturated rings. The van der Waals surface area contributed by atoms with Gasteiger partial charge in [0.05, 0.1) is 5.56 Å². The summed E-state index contributed by atoms with van der Waals surface area (Å²) in [4.78, 5) is 20.7. The first kappa shape index (κ1) is 15.8. The standard InChI is InChI=1S/C16H26N4O/c1-13(12-20-8-4-5-9-20)10-18-16(21)14-6-7-15(17-11-14)19(2)3/h6-7,11,13H,4-5,8-10,12H2,1-3H3,(H,18,21). The lowest BCUT2D eigenvalue weighted by Gasteiger charge is -2.20. The topological polar surface area (TPSA) is 48.5 Å². The summed E-state index contributed by atoms with van der Waals surface area (Å²) in [5.74, 6) is 1.29. The highest BCUT2D eigenvalue weighted by Crippen LogP contribution is 2.10. The second-order valence-electron chi connectivity index (χ2n) is 6.12. The molecular weight excluding hydrogens is 264 g/mol. The van der Waals surface area contributed by atoms with Crippen molar-refractivity contribution in [3.05, 3.63) is 23.9 Å². The summed E-state index contributed by atoms with van der Waals surface area (Å²) < 4.78 is 0. The Hall–Kier alpha value is -1.62. The molecule has 2 rings (SSSR count). The van der Waals surface area contributed by atoms with E-state index in [0.717, 1.165) is 12.4 Å². The molecule has 2 heterocycles. The molecule has 0 saturated carbocycles. The molecule has 0 aliphatic carbocycles. The quantitative estimate of drug-likeness (QED) is 0.865. The maximum Gasteiger partial charge on any atom is 0.252 e. The van der Waals surface area contributed by atoms with E-state index in [4.69, 9.17) is 0 Å². The molecule has 116 valence electrons. The Bertz CT molecular complexity index is 452. The summed E-state index contributed by atoms with van der Waals surface area (Å²) in [7, 11) is 3.87. The van der Waals surface area contributed by atoms with Crippen molar-refractivity contribution in [1.29, 1.82) is 0 Å². The van der Waals surface area contributed by atoms with E-state index in [2.05, 4.69) is 22.1 Å². The molecule has 21 heavy (non-hydrogen) atoms. The van der Waals surface area contributed by atoms with E-state index in [0.29, 0.717) is 18.0 Å². The fourth-order valence-corrected chi connectivity index (χ4v) is 2.62. The van der Waals surface area contributed by atoms with Gasteiger partial charge in [-0.3, -0.25) is 4.79 Å². The Morgan fingerprint density at radius 3 is 2.67 bits per heavy atom. The number of hydrogen-bond donors (Lipinski definition) is 1. The largest absolute Gasteiger partial charge is 0.363 e. The van der Waals surface area contributed by atoms with Crippen molar-refractivity contribution in [2.75, 3.05) is 45.2 Å². The van der Waals surface area contributed by atoms with Gasteiger partial charge in [0.25, 0.3) is 5.91 Å². The predicted octanol–water partition coefficient (Wildman–Crippen LogP) is 1.61. The van der Waals surface area contributed by atoms with E-state index in [9.17, 15) is 4.79 Å². The maximum atomic E-state index is 12.1. The summed E-state index contributed by atoms with van der Waals surface area (Å²) in [6.07, 6.45) is 4.25. The van der Waals surface area contributed by atoms with Crippen molar-refractivity contribution in [3.8, 4) is 0 Å². The number of nitrogens with zero attached hydrogens (tertiary/aromatic N) is 3. The Balaban J connectivity index is 1.77. The van der Waals surface area contributed by atoms with Crippen molar-refractivity contribution in [1.82, 2.24) is 15.2 Å². The molecule has 0 radical (unpaired) electrons. The van der Waals surface area contributed by atoms with Gasteiger partial charge in [0.2, 0.25) is 0 Å². The average Bonchev–Trinajstić information content (AvgIpc) is 2.97. The fourth-order valence-electron chi connectivity index (χ4n) is 2.62. The number of anilines is 1. The molecule has 1 atom stereocenters. The SMILES string of the molecule is CC(CNC(=O)c1ccc(N(C)C)nc1)CN1CCCC1. The Labute approximate surface area is 127 Å². The minimum absolute atomic E-state index is 0.0407. The number of likely N-dealkylation sites (tertiary alicyclic amines) is 1. The van der Waals surface area contributed by atoms with Gasteiger partial charge in [-0.25, -0.2) is 4.98 Å². The van der Waals surface area contributed by atoms with E-state index in [1.807, 2.05) is 31.1 Å². The number of nitrogens with one attached hydrogen (secondary N) is 1. The highest BCUT2D eigenvalue weighted by atomic mass is 16.1. The normalized spacial score (nSPS) is 16.7. The molecule has 1 aliphatic rings. The lowest BCUT2D eigenvalue weighted by molar-refractivity contribution is 0.0944. The van der Waals surface area contributed by atoms with Gasteiger partial charge >= 0.3 is 0 Å². The van der Waals surface area contributed by atoms with Crippen LogP contribution in [0.5, 0.6) is 0 Å². The number of carbonyl (C=O) groups excluding carboxylic acids is 1. The van der Waals surface area contributed by atoms with Crippen LogP contribution in [0.4, 0.5) is 5.82 Å². The molecule has 1 aromatic rings. The molecular formula is C16H26N4O. The summed E-state index contributed by atoms with van der Waals surface area (Å²) in [6, 6.07) is 3.69. The number of pyridine rings is 1. The van der Waals surface area contributed by atoms with Crippen LogP contribution in [0, 0.1) is 5.92 Å².